The van der Waals surface area contributed by atoms with Crippen LogP contribution in [0.3, 0.4) is 0 Å². The first-order chi connectivity index (χ1) is 18.5. The van der Waals surface area contributed by atoms with E-state index in [2.05, 4.69) is 15.3 Å². The highest BCUT2D eigenvalue weighted by atomic mass is 19.1. The van der Waals surface area contributed by atoms with Crippen molar-refractivity contribution in [3.8, 4) is 22.3 Å². The fourth-order valence-electron chi connectivity index (χ4n) is 3.90. The van der Waals surface area contributed by atoms with Gasteiger partial charge in [-0.25, -0.2) is 9.97 Å². The third kappa shape index (κ3) is 6.94. The molecule has 3 heterocycles. The normalized spacial score (nSPS) is 11.9. The van der Waals surface area contributed by atoms with E-state index in [0.717, 1.165) is 22.1 Å². The molecule has 8 nitrogen and oxygen atoms in total. The number of benzene rings is 1. The van der Waals surface area contributed by atoms with Crippen LogP contribution in [-0.2, 0) is 21.1 Å². The third-order valence-corrected chi connectivity index (χ3v) is 5.90. The van der Waals surface area contributed by atoms with Crippen LogP contribution in [0.2, 0.25) is 0 Å². The number of amides is 1. The van der Waals surface area contributed by atoms with E-state index in [4.69, 9.17) is 4.74 Å². The Labute approximate surface area is 227 Å². The predicted molar refractivity (Wildman–Crippen MR) is 150 cm³/mol. The number of anilines is 1. The monoisotopic (exact) mass is 529 g/mol. The lowest BCUT2D eigenvalue weighted by atomic mass is 9.98. The number of nitrogens with zero attached hydrogens (tertiary/aromatic N) is 4. The quantitative estimate of drug-likeness (QED) is 0.184. The Morgan fingerprint density at radius 2 is 1.87 bits per heavy atom. The van der Waals surface area contributed by atoms with E-state index in [0.29, 0.717) is 23.4 Å². The second-order valence-corrected chi connectivity index (χ2v) is 10.5. The molecule has 0 saturated carbocycles. The number of likely N-dealkylation sites (N-methyl/N-ethyl adjacent to an activating group) is 1. The molecule has 202 valence electrons. The number of fused-ring (bicyclic) bond motifs is 1. The standard InChI is InChI=1S/C30H32FN5O3/c1-30(2,3)29(38)39-19-36-18-25(21-11-12-32-26(31)16-21)24-15-22(17-33-28(24)36)20-8-6-9-23(14-20)34-27(37)10-7-13-35(4)5/h6-12,14-18H,13,19H2,1-5H3,(H,34,37). The average Bonchev–Trinajstić information content (AvgIpc) is 3.24. The predicted octanol–water partition coefficient (Wildman–Crippen LogP) is 5.51. The molecule has 1 aromatic carbocycles. The van der Waals surface area contributed by atoms with E-state index >= 15 is 0 Å². The smallest absolute Gasteiger partial charge is 0.312 e. The van der Waals surface area contributed by atoms with E-state index in [1.807, 2.05) is 49.3 Å². The number of rotatable bonds is 8. The van der Waals surface area contributed by atoms with Crippen LogP contribution < -0.4 is 5.32 Å². The van der Waals surface area contributed by atoms with Crippen LogP contribution in [-0.4, -0.2) is 52.0 Å². The van der Waals surface area contributed by atoms with E-state index in [1.165, 1.54) is 18.3 Å². The lowest BCUT2D eigenvalue weighted by Crippen LogP contribution is -2.23. The van der Waals surface area contributed by atoms with Crippen molar-refractivity contribution in [1.29, 1.82) is 0 Å². The van der Waals surface area contributed by atoms with Gasteiger partial charge in [0.15, 0.2) is 6.73 Å². The highest BCUT2D eigenvalue weighted by Gasteiger charge is 2.23. The SMILES string of the molecule is CN(C)CC=CC(=O)Nc1cccc(-c2cnc3c(c2)c(-c2ccnc(F)c2)cn3COC(=O)C(C)(C)C)c1. The number of pyridine rings is 2. The van der Waals surface area contributed by atoms with E-state index in [-0.39, 0.29) is 18.6 Å². The van der Waals surface area contributed by atoms with E-state index in [9.17, 15) is 14.0 Å². The highest BCUT2D eigenvalue weighted by molar-refractivity contribution is 6.00. The Hall–Kier alpha value is -4.37. The molecule has 4 rings (SSSR count). The number of esters is 1. The number of carbonyl (C=O) groups is 2. The summed E-state index contributed by atoms with van der Waals surface area (Å²) in [7, 11) is 3.86. The molecular weight excluding hydrogens is 497 g/mol. The fourth-order valence-corrected chi connectivity index (χ4v) is 3.90. The van der Waals surface area contributed by atoms with Crippen molar-refractivity contribution in [3.05, 3.63) is 79.2 Å². The summed E-state index contributed by atoms with van der Waals surface area (Å²) in [6, 6.07) is 12.5. The topological polar surface area (TPSA) is 89.3 Å². The molecule has 0 saturated heterocycles. The maximum Gasteiger partial charge on any atom is 0.312 e. The van der Waals surface area contributed by atoms with Crippen LogP contribution in [0.15, 0.2) is 73.2 Å². The molecule has 0 spiro atoms. The largest absolute Gasteiger partial charge is 0.443 e. The first kappa shape index (κ1) is 27.7. The van der Waals surface area contributed by atoms with Gasteiger partial charge in [-0.3, -0.25) is 14.2 Å². The van der Waals surface area contributed by atoms with Crippen molar-refractivity contribution in [1.82, 2.24) is 19.4 Å². The molecule has 9 heteroatoms. The maximum atomic E-state index is 14.0. The van der Waals surface area contributed by atoms with Crippen LogP contribution in [0.25, 0.3) is 33.3 Å². The van der Waals surface area contributed by atoms with Crippen LogP contribution in [0, 0.1) is 11.4 Å². The lowest BCUT2D eigenvalue weighted by molar-refractivity contribution is -0.156. The summed E-state index contributed by atoms with van der Waals surface area (Å²) in [5.41, 5.74) is 3.59. The van der Waals surface area contributed by atoms with E-state index in [1.54, 1.807) is 49.9 Å². The Balaban J connectivity index is 1.69. The van der Waals surface area contributed by atoms with Crippen molar-refractivity contribution >= 4 is 28.6 Å². The summed E-state index contributed by atoms with van der Waals surface area (Å²) < 4.78 is 21.3. The molecule has 1 N–H and O–H groups in total. The van der Waals surface area contributed by atoms with Gasteiger partial charge >= 0.3 is 5.97 Å². The zero-order valence-electron chi connectivity index (χ0n) is 22.7. The van der Waals surface area contributed by atoms with Gasteiger partial charge in [-0.05, 0) is 70.3 Å². The minimum Gasteiger partial charge on any atom is -0.443 e. The zero-order valence-corrected chi connectivity index (χ0v) is 22.7. The number of hydrogen-bond acceptors (Lipinski definition) is 6. The van der Waals surface area contributed by atoms with Gasteiger partial charge in [0.1, 0.15) is 5.65 Å². The number of hydrogen-bond donors (Lipinski definition) is 1. The van der Waals surface area contributed by atoms with Crippen LogP contribution in [0.4, 0.5) is 10.1 Å². The second-order valence-electron chi connectivity index (χ2n) is 10.5. The zero-order chi connectivity index (χ0) is 28.2. The van der Waals surface area contributed by atoms with Gasteiger partial charge in [-0.2, -0.15) is 4.39 Å². The third-order valence-electron chi connectivity index (χ3n) is 5.90. The van der Waals surface area contributed by atoms with Gasteiger partial charge in [0, 0.05) is 59.5 Å². The molecule has 0 atom stereocenters. The number of ether oxygens (including phenoxy) is 1. The number of halogens is 1. The summed E-state index contributed by atoms with van der Waals surface area (Å²) in [4.78, 5) is 35.0. The van der Waals surface area contributed by atoms with Gasteiger partial charge in [0.2, 0.25) is 11.9 Å². The molecule has 0 fully saturated rings. The molecule has 0 aliphatic rings. The summed E-state index contributed by atoms with van der Waals surface area (Å²) >= 11 is 0. The maximum absolute atomic E-state index is 14.0. The fraction of sp³-hybridized carbons (Fsp3) is 0.267. The molecule has 0 bridgehead atoms. The summed E-state index contributed by atoms with van der Waals surface area (Å²) in [6.45, 7) is 5.99. The van der Waals surface area contributed by atoms with Gasteiger partial charge in [-0.1, -0.05) is 18.2 Å². The molecule has 0 aliphatic heterocycles. The van der Waals surface area contributed by atoms with Crippen LogP contribution in [0.5, 0.6) is 0 Å². The molecule has 39 heavy (non-hydrogen) atoms. The van der Waals surface area contributed by atoms with Crippen molar-refractivity contribution < 1.29 is 18.7 Å². The Bertz CT molecular complexity index is 1540. The molecule has 0 unspecified atom stereocenters. The Kier molecular flexibility index (Phi) is 8.21. The summed E-state index contributed by atoms with van der Waals surface area (Å²) in [6.07, 6.45) is 8.23. The highest BCUT2D eigenvalue weighted by Crippen LogP contribution is 2.33. The van der Waals surface area contributed by atoms with Crippen LogP contribution in [0.1, 0.15) is 20.8 Å². The number of nitrogens with one attached hydrogen (secondary N) is 1. The van der Waals surface area contributed by atoms with Gasteiger partial charge in [0.25, 0.3) is 0 Å². The number of aromatic nitrogens is 3. The minimum absolute atomic E-state index is 0.0324. The minimum atomic E-state index is -0.650. The van der Waals surface area contributed by atoms with Crippen LogP contribution >= 0.6 is 0 Å². The van der Waals surface area contributed by atoms with Crippen molar-refractivity contribution in [3.63, 3.8) is 0 Å². The lowest BCUT2D eigenvalue weighted by Gasteiger charge is -2.17. The Morgan fingerprint density at radius 1 is 1.08 bits per heavy atom. The molecular formula is C30H32FN5O3. The Morgan fingerprint density at radius 3 is 2.59 bits per heavy atom. The molecule has 0 aliphatic carbocycles. The van der Waals surface area contributed by atoms with E-state index < -0.39 is 11.4 Å². The van der Waals surface area contributed by atoms with Crippen molar-refractivity contribution in [2.24, 2.45) is 5.41 Å². The first-order valence-corrected chi connectivity index (χ1v) is 12.5. The second kappa shape index (κ2) is 11.6. The molecule has 4 aromatic rings. The first-order valence-electron chi connectivity index (χ1n) is 12.5. The summed E-state index contributed by atoms with van der Waals surface area (Å²) in [5, 5.41) is 3.64. The van der Waals surface area contributed by atoms with Crippen molar-refractivity contribution in [2.75, 3.05) is 26.0 Å². The number of carbonyl (C=O) groups excluding carboxylic acids is 2. The van der Waals surface area contributed by atoms with Crippen molar-refractivity contribution in [2.45, 2.75) is 27.5 Å². The van der Waals surface area contributed by atoms with Gasteiger partial charge in [-0.15, -0.1) is 0 Å². The van der Waals surface area contributed by atoms with Gasteiger partial charge < -0.3 is 15.0 Å². The molecule has 3 aromatic heterocycles. The summed E-state index contributed by atoms with van der Waals surface area (Å²) in [5.74, 6) is -1.15. The molecule has 0 radical (unpaired) electrons. The van der Waals surface area contributed by atoms with Gasteiger partial charge in [0.05, 0.1) is 5.41 Å². The average molecular weight is 530 g/mol. The molecule has 1 amide bonds.